The second-order valence-electron chi connectivity index (χ2n) is 14.7. The summed E-state index contributed by atoms with van der Waals surface area (Å²) in [5, 5.41) is 12.0. The zero-order valence-corrected chi connectivity index (χ0v) is 21.9. The van der Waals surface area contributed by atoms with Crippen molar-refractivity contribution in [3.05, 3.63) is 11.6 Å². The molecule has 0 heterocycles. The molecule has 0 unspecified atom stereocenters. The average molecular weight is 427 g/mol. The van der Waals surface area contributed by atoms with Crippen molar-refractivity contribution in [3.8, 4) is 0 Å². The molecule has 5 aliphatic rings. The van der Waals surface area contributed by atoms with Crippen LogP contribution in [0.25, 0.3) is 0 Å². The number of hydrogen-bond donors (Lipinski definition) is 1. The van der Waals surface area contributed by atoms with Crippen molar-refractivity contribution in [2.75, 3.05) is 0 Å². The number of rotatable bonds is 1. The third kappa shape index (κ3) is 2.60. The lowest BCUT2D eigenvalue weighted by molar-refractivity contribution is -0.196. The Hall–Kier alpha value is -0.300. The molecule has 4 saturated carbocycles. The van der Waals surface area contributed by atoms with Crippen LogP contribution in [0, 0.1) is 56.7 Å². The molecule has 0 aromatic rings. The highest BCUT2D eigenvalue weighted by Gasteiger charge is 2.70. The highest BCUT2D eigenvalue weighted by Crippen LogP contribution is 2.76. The molecular formula is C30H50O. The minimum atomic E-state index is -0.278. The van der Waals surface area contributed by atoms with Gasteiger partial charge in [0, 0.05) is 5.41 Å². The summed E-state index contributed by atoms with van der Waals surface area (Å²) in [6.45, 7) is 20.3. The number of aliphatic hydroxyl groups is 1. The van der Waals surface area contributed by atoms with Crippen molar-refractivity contribution in [3.63, 3.8) is 0 Å². The van der Waals surface area contributed by atoms with E-state index in [1.807, 2.05) is 0 Å². The van der Waals surface area contributed by atoms with Crippen LogP contribution < -0.4 is 0 Å². The van der Waals surface area contributed by atoms with Gasteiger partial charge in [0.1, 0.15) is 0 Å². The molecule has 0 saturated heterocycles. The van der Waals surface area contributed by atoms with Gasteiger partial charge >= 0.3 is 0 Å². The Balaban J connectivity index is 1.60. The summed E-state index contributed by atoms with van der Waals surface area (Å²) in [7, 11) is 0. The molecule has 0 amide bonds. The maximum Gasteiger partial charge on any atom is 0.0785 e. The van der Waals surface area contributed by atoms with Crippen molar-refractivity contribution < 1.29 is 5.11 Å². The maximum absolute atomic E-state index is 12.0. The first kappa shape index (κ1) is 22.5. The SMILES string of the molecule is CC(C)[C@H]1CC[C@@H]2[C@]1(C)CC[C@]1(C)[C@H]3CC[C@H]4C(C)(C)CCC[C@]4(C)C3=C[C@@H](O)[C@@]21C. The predicted octanol–water partition coefficient (Wildman–Crippen LogP) is 8.02. The molecule has 176 valence electrons. The lowest BCUT2D eigenvalue weighted by Gasteiger charge is -2.70. The van der Waals surface area contributed by atoms with Crippen molar-refractivity contribution in [1.29, 1.82) is 0 Å². The van der Waals surface area contributed by atoms with Crippen molar-refractivity contribution >= 4 is 0 Å². The van der Waals surface area contributed by atoms with Crippen molar-refractivity contribution in [2.45, 2.75) is 119 Å². The fourth-order valence-corrected chi connectivity index (χ4v) is 11.4. The van der Waals surface area contributed by atoms with Crippen LogP contribution in [0.15, 0.2) is 11.6 Å². The normalized spacial score (nSPS) is 55.7. The number of hydrogen-bond acceptors (Lipinski definition) is 1. The summed E-state index contributed by atoms with van der Waals surface area (Å²) in [4.78, 5) is 0. The molecule has 0 aromatic carbocycles. The third-order valence-electron chi connectivity index (χ3n) is 13.1. The largest absolute Gasteiger partial charge is 0.388 e. The summed E-state index contributed by atoms with van der Waals surface area (Å²) in [5.41, 5.74) is 3.08. The molecule has 31 heavy (non-hydrogen) atoms. The highest BCUT2D eigenvalue weighted by atomic mass is 16.3. The molecule has 1 N–H and O–H groups in total. The van der Waals surface area contributed by atoms with E-state index in [0.29, 0.717) is 28.1 Å². The van der Waals surface area contributed by atoms with E-state index >= 15 is 0 Å². The Labute approximate surface area is 192 Å². The third-order valence-corrected chi connectivity index (χ3v) is 13.1. The minimum Gasteiger partial charge on any atom is -0.388 e. The Bertz CT molecular complexity index is 777. The number of allylic oxidation sites excluding steroid dienone is 1. The van der Waals surface area contributed by atoms with Crippen LogP contribution in [0.3, 0.4) is 0 Å². The standard InChI is InChI=1S/C30H50O/c1-19(2)20-10-13-24-28(20,6)16-17-29(7)21-11-12-23-26(3,4)14-9-15-27(23,5)22(21)18-25(31)30(24,29)8/h18-21,23-25,31H,9-17H2,1-8H3/t20-,21+,23+,24-,25-,27-,28-,29-,30-/m1/s1. The molecule has 0 bridgehead atoms. The van der Waals surface area contributed by atoms with Gasteiger partial charge in [-0.3, -0.25) is 0 Å². The lowest BCUT2D eigenvalue weighted by atomic mass is 9.35. The Morgan fingerprint density at radius 3 is 2.19 bits per heavy atom. The lowest BCUT2D eigenvalue weighted by Crippen LogP contribution is -2.65. The summed E-state index contributed by atoms with van der Waals surface area (Å²) >= 11 is 0. The van der Waals surface area contributed by atoms with Gasteiger partial charge in [-0.25, -0.2) is 0 Å². The highest BCUT2D eigenvalue weighted by molar-refractivity contribution is 5.35. The molecule has 9 atom stereocenters. The van der Waals surface area contributed by atoms with E-state index in [4.69, 9.17) is 0 Å². The van der Waals surface area contributed by atoms with Gasteiger partial charge in [-0.15, -0.1) is 0 Å². The first-order chi connectivity index (χ1) is 14.3. The van der Waals surface area contributed by atoms with Gasteiger partial charge in [0.2, 0.25) is 0 Å². The monoisotopic (exact) mass is 426 g/mol. The zero-order chi connectivity index (χ0) is 22.6. The van der Waals surface area contributed by atoms with E-state index in [2.05, 4.69) is 61.5 Å². The minimum absolute atomic E-state index is 0.0190. The van der Waals surface area contributed by atoms with Crippen molar-refractivity contribution in [1.82, 2.24) is 0 Å². The topological polar surface area (TPSA) is 20.2 Å². The van der Waals surface area contributed by atoms with E-state index < -0.39 is 0 Å². The fraction of sp³-hybridized carbons (Fsp3) is 0.933. The van der Waals surface area contributed by atoms with Gasteiger partial charge in [0.25, 0.3) is 0 Å². The molecular weight excluding hydrogens is 376 g/mol. The molecule has 5 aliphatic carbocycles. The Kier molecular flexibility index (Phi) is 4.82. The van der Waals surface area contributed by atoms with Crippen LogP contribution in [0.5, 0.6) is 0 Å². The molecule has 1 nitrogen and oxygen atoms in total. The van der Waals surface area contributed by atoms with E-state index in [1.54, 1.807) is 5.57 Å². The van der Waals surface area contributed by atoms with Crippen LogP contribution in [0.4, 0.5) is 0 Å². The summed E-state index contributed by atoms with van der Waals surface area (Å²) in [6, 6.07) is 0. The first-order valence-corrected chi connectivity index (χ1v) is 13.7. The van der Waals surface area contributed by atoms with Crippen LogP contribution in [0.1, 0.15) is 113 Å². The van der Waals surface area contributed by atoms with Crippen molar-refractivity contribution in [2.24, 2.45) is 56.7 Å². The molecule has 1 heteroatoms. The second-order valence-corrected chi connectivity index (χ2v) is 14.7. The van der Waals surface area contributed by atoms with Gasteiger partial charge in [0.05, 0.1) is 6.10 Å². The maximum atomic E-state index is 12.0. The molecule has 4 fully saturated rings. The van der Waals surface area contributed by atoms with E-state index in [9.17, 15) is 5.11 Å². The van der Waals surface area contributed by atoms with Gasteiger partial charge in [-0.05, 0) is 103 Å². The molecule has 0 radical (unpaired) electrons. The van der Waals surface area contributed by atoms with Crippen LogP contribution in [-0.2, 0) is 0 Å². The van der Waals surface area contributed by atoms with E-state index in [-0.39, 0.29) is 16.9 Å². The molecule has 0 aromatic heterocycles. The summed E-state index contributed by atoms with van der Waals surface area (Å²) < 4.78 is 0. The fourth-order valence-electron chi connectivity index (χ4n) is 11.4. The Morgan fingerprint density at radius 1 is 0.839 bits per heavy atom. The average Bonchev–Trinajstić information content (AvgIpc) is 3.03. The van der Waals surface area contributed by atoms with E-state index in [1.165, 1.54) is 57.8 Å². The van der Waals surface area contributed by atoms with Crippen LogP contribution in [0.2, 0.25) is 0 Å². The van der Waals surface area contributed by atoms with Gasteiger partial charge in [0.15, 0.2) is 0 Å². The van der Waals surface area contributed by atoms with Gasteiger partial charge < -0.3 is 5.11 Å². The van der Waals surface area contributed by atoms with Crippen LogP contribution in [-0.4, -0.2) is 11.2 Å². The first-order valence-electron chi connectivity index (χ1n) is 13.7. The molecule has 0 spiro atoms. The summed E-state index contributed by atoms with van der Waals surface area (Å²) in [6.07, 6.45) is 14.4. The summed E-state index contributed by atoms with van der Waals surface area (Å²) in [5.74, 6) is 3.70. The number of aliphatic hydroxyl groups excluding tert-OH is 1. The van der Waals surface area contributed by atoms with Gasteiger partial charge in [-0.1, -0.05) is 73.5 Å². The Morgan fingerprint density at radius 2 is 1.52 bits per heavy atom. The molecule has 0 aliphatic heterocycles. The molecule has 5 rings (SSSR count). The predicted molar refractivity (Wildman–Crippen MR) is 131 cm³/mol. The zero-order valence-electron chi connectivity index (χ0n) is 21.9. The van der Waals surface area contributed by atoms with Gasteiger partial charge in [-0.2, -0.15) is 0 Å². The second kappa shape index (κ2) is 6.64. The van der Waals surface area contributed by atoms with Crippen LogP contribution >= 0.6 is 0 Å². The smallest absolute Gasteiger partial charge is 0.0785 e. The van der Waals surface area contributed by atoms with E-state index in [0.717, 1.165) is 17.8 Å². The number of fused-ring (bicyclic) bond motifs is 7. The quantitative estimate of drug-likeness (QED) is 0.421.